The van der Waals surface area contributed by atoms with Crippen molar-refractivity contribution in [2.75, 3.05) is 6.54 Å². The first-order valence-electron chi connectivity index (χ1n) is 6.55. The van der Waals surface area contributed by atoms with Crippen LogP contribution in [0.25, 0.3) is 0 Å². The van der Waals surface area contributed by atoms with Gasteiger partial charge in [-0.25, -0.2) is 0 Å². The van der Waals surface area contributed by atoms with Crippen LogP contribution in [-0.4, -0.2) is 21.7 Å². The van der Waals surface area contributed by atoms with Gasteiger partial charge >= 0.3 is 0 Å². The van der Waals surface area contributed by atoms with Gasteiger partial charge < -0.3 is 4.90 Å². The normalized spacial score (nSPS) is 11.4. The van der Waals surface area contributed by atoms with Crippen molar-refractivity contribution in [1.82, 2.24) is 9.88 Å². The van der Waals surface area contributed by atoms with Gasteiger partial charge in [0.2, 0.25) is 0 Å². The zero-order chi connectivity index (χ0) is 15.1. The van der Waals surface area contributed by atoms with E-state index in [0.29, 0.717) is 6.54 Å². The van der Waals surface area contributed by atoms with Crippen LogP contribution in [0.1, 0.15) is 23.6 Å². The predicted octanol–water partition coefficient (Wildman–Crippen LogP) is 3.44. The van der Waals surface area contributed by atoms with Crippen LogP contribution in [0.15, 0.2) is 54.9 Å². The Morgan fingerprint density at radius 1 is 1.24 bits per heavy atom. The van der Waals surface area contributed by atoms with E-state index < -0.39 is 0 Å². The summed E-state index contributed by atoms with van der Waals surface area (Å²) >= 11 is 3.96. The third kappa shape index (κ3) is 3.83. The van der Waals surface area contributed by atoms with Crippen molar-refractivity contribution in [1.29, 1.82) is 5.26 Å². The molecule has 2 rings (SSSR count). The Labute approximate surface area is 129 Å². The van der Waals surface area contributed by atoms with E-state index in [1.807, 2.05) is 42.5 Å². The maximum atomic E-state index is 11.9. The number of carbonyl (C=O) groups is 1. The number of pyridine rings is 1. The molecule has 0 aliphatic carbocycles. The number of hydrogen-bond donors (Lipinski definition) is 1. The van der Waals surface area contributed by atoms with Gasteiger partial charge in [0, 0.05) is 18.9 Å². The number of hydrogen-bond acceptors (Lipinski definition) is 3. The summed E-state index contributed by atoms with van der Waals surface area (Å²) in [5.41, 5.74) is 1.86. The average Bonchev–Trinajstić information content (AvgIpc) is 2.53. The zero-order valence-corrected chi connectivity index (χ0v) is 12.3. The van der Waals surface area contributed by atoms with Crippen LogP contribution in [0.2, 0.25) is 0 Å². The van der Waals surface area contributed by atoms with Crippen LogP contribution in [0.5, 0.6) is 0 Å². The Bertz CT molecular complexity index is 585. The van der Waals surface area contributed by atoms with Gasteiger partial charge in [0.1, 0.15) is 0 Å². The van der Waals surface area contributed by atoms with Crippen molar-refractivity contribution in [3.05, 3.63) is 66.0 Å². The number of carbonyl (C=O) groups excluding carboxylic acids is 1. The van der Waals surface area contributed by atoms with Gasteiger partial charge in [0.05, 0.1) is 18.5 Å². The van der Waals surface area contributed by atoms with Crippen molar-refractivity contribution < 1.29 is 4.79 Å². The Balaban J connectivity index is 2.45. The summed E-state index contributed by atoms with van der Waals surface area (Å²) in [6, 6.07) is 15.2. The molecule has 0 bridgehead atoms. The van der Waals surface area contributed by atoms with E-state index in [1.54, 1.807) is 17.3 Å². The van der Waals surface area contributed by atoms with Gasteiger partial charge in [-0.1, -0.05) is 49.0 Å². The highest BCUT2D eigenvalue weighted by molar-refractivity contribution is 7.96. The highest BCUT2D eigenvalue weighted by Gasteiger charge is 2.24. The third-order valence-corrected chi connectivity index (χ3v) is 3.39. The number of amides is 1. The topological polar surface area (TPSA) is 57.0 Å². The molecule has 1 aromatic heterocycles. The first kappa shape index (κ1) is 15.1. The number of nitrogens with zero attached hydrogens (tertiary/aromatic N) is 3. The molecule has 0 fully saturated rings. The minimum Gasteiger partial charge on any atom is -0.322 e. The highest BCUT2D eigenvalue weighted by Crippen LogP contribution is 2.29. The fraction of sp³-hybridized carbons (Fsp3) is 0.188. The number of nitriles is 1. The van der Waals surface area contributed by atoms with Gasteiger partial charge in [-0.3, -0.25) is 9.78 Å². The van der Waals surface area contributed by atoms with E-state index in [4.69, 9.17) is 5.26 Å². The minimum absolute atomic E-state index is 0.260. The molecular weight excluding hydrogens is 282 g/mol. The predicted molar refractivity (Wildman–Crippen MR) is 83.8 cm³/mol. The molecule has 0 radical (unpaired) electrons. The summed E-state index contributed by atoms with van der Waals surface area (Å²) in [6.45, 7) is 0.327. The summed E-state index contributed by atoms with van der Waals surface area (Å²) in [6.07, 6.45) is 3.68. The molecule has 0 aliphatic rings. The molecule has 0 aliphatic heterocycles. The quantitative estimate of drug-likeness (QED) is 0.860. The van der Waals surface area contributed by atoms with Crippen molar-refractivity contribution in [3.63, 3.8) is 0 Å². The van der Waals surface area contributed by atoms with Gasteiger partial charge in [-0.15, -0.1) is 0 Å². The van der Waals surface area contributed by atoms with Crippen molar-refractivity contribution >= 4 is 17.9 Å². The summed E-state index contributed by atoms with van der Waals surface area (Å²) in [4.78, 5) is 17.6. The molecule has 0 spiro atoms. The molecule has 0 N–H and O–H groups in total. The molecule has 1 unspecified atom stereocenters. The van der Waals surface area contributed by atoms with E-state index in [2.05, 4.69) is 23.7 Å². The Morgan fingerprint density at radius 2 is 1.95 bits per heavy atom. The van der Waals surface area contributed by atoms with Crippen LogP contribution in [0.3, 0.4) is 0 Å². The smallest absolute Gasteiger partial charge is 0.279 e. The van der Waals surface area contributed by atoms with Crippen molar-refractivity contribution in [2.24, 2.45) is 0 Å². The van der Waals surface area contributed by atoms with E-state index in [1.165, 1.54) is 0 Å². The average molecular weight is 297 g/mol. The van der Waals surface area contributed by atoms with E-state index in [9.17, 15) is 4.79 Å². The fourth-order valence-corrected chi connectivity index (χ4v) is 2.45. The largest absolute Gasteiger partial charge is 0.322 e. The number of thiol groups is 1. The monoisotopic (exact) mass is 297 g/mol. The molecule has 106 valence electrons. The summed E-state index contributed by atoms with van der Waals surface area (Å²) in [5, 5.41) is 8.44. The summed E-state index contributed by atoms with van der Waals surface area (Å²) < 4.78 is 0. The molecule has 0 saturated heterocycles. The molecule has 1 atom stereocenters. The van der Waals surface area contributed by atoms with E-state index in [0.717, 1.165) is 11.1 Å². The molecular formula is C16H15N3OS. The standard InChI is InChI=1S/C16H15N3OS/c17-9-5-11-19(16(20)21)15(13-6-2-1-3-7-13)14-8-4-10-18-12-14/h1-4,6-8,10,12,15H,5,11H2,(H,20,21). The first-order valence-corrected chi connectivity index (χ1v) is 7.00. The lowest BCUT2D eigenvalue weighted by molar-refractivity contribution is 0.211. The van der Waals surface area contributed by atoms with Gasteiger partial charge in [-0.2, -0.15) is 5.26 Å². The van der Waals surface area contributed by atoms with Gasteiger partial charge in [-0.05, 0) is 17.2 Å². The summed E-state index contributed by atoms with van der Waals surface area (Å²) in [7, 11) is 0. The van der Waals surface area contributed by atoms with Crippen LogP contribution in [0, 0.1) is 11.3 Å². The van der Waals surface area contributed by atoms with Crippen LogP contribution >= 0.6 is 12.6 Å². The second-order valence-electron chi connectivity index (χ2n) is 4.48. The number of aromatic nitrogens is 1. The SMILES string of the molecule is N#CCCN(C(=O)S)C(c1ccccc1)c1cccnc1. The van der Waals surface area contributed by atoms with Crippen LogP contribution in [-0.2, 0) is 0 Å². The van der Waals surface area contributed by atoms with Crippen LogP contribution < -0.4 is 0 Å². The molecule has 1 amide bonds. The molecule has 1 aromatic carbocycles. The second-order valence-corrected chi connectivity index (χ2v) is 4.87. The van der Waals surface area contributed by atoms with Crippen molar-refractivity contribution in [2.45, 2.75) is 12.5 Å². The molecule has 1 heterocycles. The summed E-state index contributed by atoms with van der Waals surface area (Å²) in [5.74, 6) is 0. The molecule has 4 nitrogen and oxygen atoms in total. The molecule has 2 aromatic rings. The molecule has 0 saturated carbocycles. The number of benzene rings is 1. The third-order valence-electron chi connectivity index (χ3n) is 3.14. The lowest BCUT2D eigenvalue weighted by Gasteiger charge is -2.30. The zero-order valence-electron chi connectivity index (χ0n) is 11.4. The number of rotatable bonds is 5. The van der Waals surface area contributed by atoms with Gasteiger partial charge in [0.25, 0.3) is 5.24 Å². The van der Waals surface area contributed by atoms with Gasteiger partial charge in [0.15, 0.2) is 0 Å². The highest BCUT2D eigenvalue weighted by atomic mass is 32.1. The van der Waals surface area contributed by atoms with Crippen molar-refractivity contribution in [3.8, 4) is 6.07 Å². The Morgan fingerprint density at radius 3 is 2.52 bits per heavy atom. The fourth-order valence-electron chi connectivity index (χ4n) is 2.23. The van der Waals surface area contributed by atoms with Crippen LogP contribution in [0.4, 0.5) is 4.79 Å². The first-order chi connectivity index (χ1) is 10.2. The molecule has 5 heteroatoms. The lowest BCUT2D eigenvalue weighted by Crippen LogP contribution is -2.32. The maximum Gasteiger partial charge on any atom is 0.279 e. The Kier molecular flexibility index (Phi) is 5.35. The van der Waals surface area contributed by atoms with E-state index in [-0.39, 0.29) is 17.7 Å². The Hall–Kier alpha value is -2.32. The van der Waals surface area contributed by atoms with E-state index >= 15 is 0 Å². The second kappa shape index (κ2) is 7.46. The lowest BCUT2D eigenvalue weighted by atomic mass is 9.98. The maximum absolute atomic E-state index is 11.9. The molecule has 21 heavy (non-hydrogen) atoms. The minimum atomic E-state index is -0.358.